The lowest BCUT2D eigenvalue weighted by Gasteiger charge is -2.23. The van der Waals surface area contributed by atoms with Crippen molar-refractivity contribution in [2.75, 3.05) is 29.9 Å². The summed E-state index contributed by atoms with van der Waals surface area (Å²) in [4.78, 5) is 26.7. The van der Waals surface area contributed by atoms with E-state index in [4.69, 9.17) is 0 Å². The average Bonchev–Trinajstić information content (AvgIpc) is 3.09. The molecule has 0 saturated carbocycles. The van der Waals surface area contributed by atoms with Gasteiger partial charge in [-0.1, -0.05) is 6.92 Å². The van der Waals surface area contributed by atoms with Crippen molar-refractivity contribution >= 4 is 23.3 Å². The van der Waals surface area contributed by atoms with Crippen molar-refractivity contribution in [1.29, 1.82) is 0 Å². The first-order valence-electron chi connectivity index (χ1n) is 8.79. The molecule has 1 atom stereocenters. The number of hydrogen-bond donors (Lipinski definition) is 3. The molecule has 0 bridgehead atoms. The molecule has 1 saturated heterocycles. The summed E-state index contributed by atoms with van der Waals surface area (Å²) < 4.78 is 0. The Balaban J connectivity index is 2.26. The molecule has 1 aliphatic heterocycles. The first kappa shape index (κ1) is 18.1. The van der Waals surface area contributed by atoms with E-state index < -0.39 is 0 Å². The quantitative estimate of drug-likeness (QED) is 0.750. The molecule has 1 heterocycles. The van der Waals surface area contributed by atoms with Crippen LogP contribution in [-0.4, -0.2) is 37.6 Å². The highest BCUT2D eigenvalue weighted by atomic mass is 16.2. The van der Waals surface area contributed by atoms with Crippen molar-refractivity contribution in [3.8, 4) is 0 Å². The molecule has 1 unspecified atom stereocenters. The van der Waals surface area contributed by atoms with Gasteiger partial charge in [-0.25, -0.2) is 4.79 Å². The Morgan fingerprint density at radius 2 is 1.92 bits per heavy atom. The van der Waals surface area contributed by atoms with Crippen LogP contribution in [0, 0.1) is 0 Å². The fourth-order valence-electron chi connectivity index (χ4n) is 2.77. The van der Waals surface area contributed by atoms with Gasteiger partial charge in [0.25, 0.3) is 5.91 Å². The Hall–Kier alpha value is -2.24. The number of benzene rings is 1. The average molecular weight is 332 g/mol. The summed E-state index contributed by atoms with van der Waals surface area (Å²) in [5.41, 5.74) is 2.18. The second kappa shape index (κ2) is 8.57. The largest absolute Gasteiger partial charge is 0.371 e. The lowest BCUT2D eigenvalue weighted by atomic mass is 10.1. The maximum absolute atomic E-state index is 12.7. The fraction of sp³-hybridized carbons (Fsp3) is 0.556. The van der Waals surface area contributed by atoms with E-state index in [0.29, 0.717) is 17.8 Å². The van der Waals surface area contributed by atoms with Crippen LogP contribution in [0.15, 0.2) is 18.2 Å². The van der Waals surface area contributed by atoms with Gasteiger partial charge in [-0.3, -0.25) is 4.79 Å². The number of hydrogen-bond acceptors (Lipinski definition) is 3. The molecule has 3 amide bonds. The molecular formula is C18H28N4O2. The summed E-state index contributed by atoms with van der Waals surface area (Å²) in [5, 5.41) is 8.49. The maximum atomic E-state index is 12.7. The van der Waals surface area contributed by atoms with E-state index in [9.17, 15) is 9.59 Å². The number of urea groups is 1. The summed E-state index contributed by atoms with van der Waals surface area (Å²) in [6, 6.07) is 5.39. The molecule has 2 rings (SSSR count). The van der Waals surface area contributed by atoms with Gasteiger partial charge >= 0.3 is 6.03 Å². The molecule has 0 radical (unpaired) electrons. The molecule has 1 aromatic rings. The molecule has 132 valence electrons. The van der Waals surface area contributed by atoms with Gasteiger partial charge < -0.3 is 20.9 Å². The monoisotopic (exact) mass is 332 g/mol. The first-order valence-corrected chi connectivity index (χ1v) is 8.79. The SMILES string of the molecule is CCNC(=O)Nc1ccc(N2CCCC2)c(C(=O)NC(C)CC)c1. The smallest absolute Gasteiger partial charge is 0.319 e. The molecule has 0 spiro atoms. The van der Waals surface area contributed by atoms with Gasteiger partial charge in [-0.2, -0.15) is 0 Å². The van der Waals surface area contributed by atoms with E-state index in [0.717, 1.165) is 38.0 Å². The molecule has 3 N–H and O–H groups in total. The van der Waals surface area contributed by atoms with Crippen molar-refractivity contribution in [3.05, 3.63) is 23.8 Å². The Morgan fingerprint density at radius 3 is 2.54 bits per heavy atom. The zero-order chi connectivity index (χ0) is 17.5. The van der Waals surface area contributed by atoms with E-state index >= 15 is 0 Å². The number of carbonyl (C=O) groups excluding carboxylic acids is 2. The second-order valence-electron chi connectivity index (χ2n) is 6.19. The minimum absolute atomic E-state index is 0.0919. The molecule has 1 aliphatic rings. The van der Waals surface area contributed by atoms with Gasteiger partial charge in [0.1, 0.15) is 0 Å². The van der Waals surface area contributed by atoms with E-state index in [-0.39, 0.29) is 18.0 Å². The summed E-state index contributed by atoms with van der Waals surface area (Å²) in [5.74, 6) is -0.0919. The molecule has 1 fully saturated rings. The molecular weight excluding hydrogens is 304 g/mol. The van der Waals surface area contributed by atoms with Crippen LogP contribution in [0.2, 0.25) is 0 Å². The van der Waals surface area contributed by atoms with Gasteiger partial charge in [0.05, 0.1) is 5.56 Å². The zero-order valence-electron chi connectivity index (χ0n) is 14.8. The Kier molecular flexibility index (Phi) is 6.46. The summed E-state index contributed by atoms with van der Waals surface area (Å²) >= 11 is 0. The summed E-state index contributed by atoms with van der Waals surface area (Å²) in [6.45, 7) is 8.38. The van der Waals surface area contributed by atoms with Crippen LogP contribution in [-0.2, 0) is 0 Å². The number of nitrogens with one attached hydrogen (secondary N) is 3. The standard InChI is InChI=1S/C18H28N4O2/c1-4-13(3)20-17(23)15-12-14(21-18(24)19-5-2)8-9-16(15)22-10-6-7-11-22/h8-9,12-13H,4-7,10-11H2,1-3H3,(H,20,23)(H2,19,21,24). The van der Waals surface area contributed by atoms with Crippen molar-refractivity contribution in [3.63, 3.8) is 0 Å². The fourth-order valence-corrected chi connectivity index (χ4v) is 2.77. The Morgan fingerprint density at radius 1 is 1.21 bits per heavy atom. The number of nitrogens with zero attached hydrogens (tertiary/aromatic N) is 1. The topological polar surface area (TPSA) is 73.5 Å². The third-order valence-corrected chi connectivity index (χ3v) is 4.27. The van der Waals surface area contributed by atoms with Crippen molar-refractivity contribution in [2.45, 2.75) is 46.1 Å². The van der Waals surface area contributed by atoms with Gasteiger partial charge in [-0.05, 0) is 51.3 Å². The Labute approximate surface area is 144 Å². The van der Waals surface area contributed by atoms with Crippen LogP contribution in [0.4, 0.5) is 16.2 Å². The van der Waals surface area contributed by atoms with Crippen LogP contribution >= 0.6 is 0 Å². The number of rotatable bonds is 6. The highest BCUT2D eigenvalue weighted by Gasteiger charge is 2.21. The van der Waals surface area contributed by atoms with Crippen LogP contribution in [0.3, 0.4) is 0 Å². The molecule has 24 heavy (non-hydrogen) atoms. The van der Waals surface area contributed by atoms with Crippen molar-refractivity contribution in [2.24, 2.45) is 0 Å². The van der Waals surface area contributed by atoms with Gasteiger partial charge in [0.2, 0.25) is 0 Å². The van der Waals surface area contributed by atoms with Crippen molar-refractivity contribution in [1.82, 2.24) is 10.6 Å². The zero-order valence-corrected chi connectivity index (χ0v) is 14.8. The van der Waals surface area contributed by atoms with E-state index in [1.54, 1.807) is 6.07 Å². The van der Waals surface area contributed by atoms with Crippen LogP contribution in [0.1, 0.15) is 50.4 Å². The molecule has 6 heteroatoms. The molecule has 1 aromatic carbocycles. The van der Waals surface area contributed by atoms with Crippen LogP contribution in [0.5, 0.6) is 0 Å². The predicted molar refractivity (Wildman–Crippen MR) is 97.8 cm³/mol. The van der Waals surface area contributed by atoms with E-state index in [1.807, 2.05) is 32.9 Å². The van der Waals surface area contributed by atoms with E-state index in [1.165, 1.54) is 0 Å². The second-order valence-corrected chi connectivity index (χ2v) is 6.19. The van der Waals surface area contributed by atoms with Crippen LogP contribution < -0.4 is 20.9 Å². The highest BCUT2D eigenvalue weighted by molar-refractivity contribution is 6.02. The van der Waals surface area contributed by atoms with Gasteiger partial charge in [-0.15, -0.1) is 0 Å². The summed E-state index contributed by atoms with van der Waals surface area (Å²) in [6.07, 6.45) is 3.16. The minimum atomic E-state index is -0.264. The lowest BCUT2D eigenvalue weighted by molar-refractivity contribution is 0.0940. The molecule has 6 nitrogen and oxygen atoms in total. The number of amides is 3. The van der Waals surface area contributed by atoms with Crippen molar-refractivity contribution < 1.29 is 9.59 Å². The third-order valence-electron chi connectivity index (χ3n) is 4.27. The lowest BCUT2D eigenvalue weighted by Crippen LogP contribution is -2.34. The number of anilines is 2. The van der Waals surface area contributed by atoms with E-state index in [2.05, 4.69) is 20.9 Å². The highest BCUT2D eigenvalue weighted by Crippen LogP contribution is 2.27. The Bertz CT molecular complexity index is 582. The maximum Gasteiger partial charge on any atom is 0.319 e. The molecule has 0 aromatic heterocycles. The van der Waals surface area contributed by atoms with Gasteiger partial charge in [0.15, 0.2) is 0 Å². The normalized spacial score (nSPS) is 15.0. The minimum Gasteiger partial charge on any atom is -0.371 e. The number of carbonyl (C=O) groups is 2. The summed E-state index contributed by atoms with van der Waals surface area (Å²) in [7, 11) is 0. The predicted octanol–water partition coefficient (Wildman–Crippen LogP) is 2.96. The van der Waals surface area contributed by atoms with Gasteiger partial charge in [0, 0.05) is 37.1 Å². The molecule has 0 aliphatic carbocycles. The van der Waals surface area contributed by atoms with Crippen LogP contribution in [0.25, 0.3) is 0 Å². The first-order chi connectivity index (χ1) is 11.5. The third kappa shape index (κ3) is 4.63.